The molecule has 0 radical (unpaired) electrons. The Morgan fingerprint density at radius 1 is 1.12 bits per heavy atom. The third-order valence-electron chi connectivity index (χ3n) is 8.16. The Labute approximate surface area is 194 Å². The third-order valence-corrected chi connectivity index (χ3v) is 8.16. The molecule has 2 aliphatic heterocycles. The zero-order valence-electron chi connectivity index (χ0n) is 19.5. The van der Waals surface area contributed by atoms with Crippen molar-refractivity contribution >= 4 is 22.8 Å². The van der Waals surface area contributed by atoms with Crippen LogP contribution in [0.4, 0.5) is 10.5 Å². The number of nitrogens with one attached hydrogen (secondary N) is 1. The van der Waals surface area contributed by atoms with Crippen molar-refractivity contribution in [3.8, 4) is 0 Å². The maximum Gasteiger partial charge on any atom is 0.414 e. The maximum absolute atomic E-state index is 12.6. The molecule has 172 valence electrons. The number of benzene rings is 2. The fourth-order valence-corrected chi connectivity index (χ4v) is 6.54. The SMILES string of the molecule is COC(=O)N1c2ccc3c(nc(Cc4ccccc4)n3[C@@H]3CCC4CNCC43)c2CC[C@@H]1C. The van der Waals surface area contributed by atoms with Gasteiger partial charge in [-0.05, 0) is 68.7 Å². The number of carbonyl (C=O) groups is 1. The zero-order valence-corrected chi connectivity index (χ0v) is 19.5. The fourth-order valence-electron chi connectivity index (χ4n) is 6.54. The molecule has 1 saturated heterocycles. The van der Waals surface area contributed by atoms with Crippen LogP contribution < -0.4 is 10.2 Å². The van der Waals surface area contributed by atoms with Crippen molar-refractivity contribution in [3.63, 3.8) is 0 Å². The maximum atomic E-state index is 12.6. The molecule has 3 aromatic rings. The van der Waals surface area contributed by atoms with Gasteiger partial charge in [0.05, 0.1) is 23.8 Å². The number of methoxy groups -OCH3 is 1. The largest absolute Gasteiger partial charge is 0.452 e. The number of hydrogen-bond donors (Lipinski definition) is 1. The molecule has 1 aliphatic carbocycles. The van der Waals surface area contributed by atoms with Gasteiger partial charge in [-0.15, -0.1) is 0 Å². The van der Waals surface area contributed by atoms with Crippen LogP contribution in [0, 0.1) is 11.8 Å². The highest BCUT2D eigenvalue weighted by Gasteiger charge is 2.42. The molecule has 6 heteroatoms. The molecular weight excluding hydrogens is 412 g/mol. The lowest BCUT2D eigenvalue weighted by Gasteiger charge is -2.34. The first-order valence-electron chi connectivity index (χ1n) is 12.3. The van der Waals surface area contributed by atoms with Crippen LogP contribution in [0.2, 0.25) is 0 Å². The average Bonchev–Trinajstić information content (AvgIpc) is 3.53. The lowest BCUT2D eigenvalue weighted by atomic mass is 9.95. The minimum absolute atomic E-state index is 0.119. The lowest BCUT2D eigenvalue weighted by Crippen LogP contribution is -2.42. The van der Waals surface area contributed by atoms with Crippen molar-refractivity contribution in [1.82, 2.24) is 14.9 Å². The second-order valence-corrected chi connectivity index (χ2v) is 9.95. The number of amides is 1. The van der Waals surface area contributed by atoms with Gasteiger partial charge in [-0.1, -0.05) is 30.3 Å². The molecule has 1 amide bonds. The first kappa shape index (κ1) is 20.7. The van der Waals surface area contributed by atoms with Crippen LogP contribution in [0.25, 0.3) is 11.0 Å². The molecule has 1 aromatic heterocycles. The van der Waals surface area contributed by atoms with E-state index in [0.29, 0.717) is 12.0 Å². The Morgan fingerprint density at radius 2 is 1.97 bits per heavy atom. The average molecular weight is 445 g/mol. The Bertz CT molecular complexity index is 1190. The monoisotopic (exact) mass is 444 g/mol. The van der Waals surface area contributed by atoms with Crippen molar-refractivity contribution in [2.75, 3.05) is 25.1 Å². The molecule has 1 N–H and O–H groups in total. The van der Waals surface area contributed by atoms with Gasteiger partial charge in [-0.2, -0.15) is 0 Å². The van der Waals surface area contributed by atoms with E-state index < -0.39 is 0 Å². The van der Waals surface area contributed by atoms with Gasteiger partial charge < -0.3 is 14.6 Å². The predicted octanol–water partition coefficient (Wildman–Crippen LogP) is 4.71. The molecule has 0 spiro atoms. The Kier molecular flexibility index (Phi) is 5.13. The molecule has 6 nitrogen and oxygen atoms in total. The number of anilines is 1. The van der Waals surface area contributed by atoms with Gasteiger partial charge in [0.1, 0.15) is 5.82 Å². The van der Waals surface area contributed by atoms with E-state index in [1.165, 1.54) is 36.6 Å². The number of imidazole rings is 1. The highest BCUT2D eigenvalue weighted by molar-refractivity contribution is 5.95. The number of hydrogen-bond acceptors (Lipinski definition) is 4. The first-order chi connectivity index (χ1) is 16.2. The summed E-state index contributed by atoms with van der Waals surface area (Å²) in [6.45, 7) is 4.33. The van der Waals surface area contributed by atoms with E-state index in [2.05, 4.69) is 59.3 Å². The summed E-state index contributed by atoms with van der Waals surface area (Å²) in [5.74, 6) is 2.58. The van der Waals surface area contributed by atoms with E-state index in [1.54, 1.807) is 4.90 Å². The summed E-state index contributed by atoms with van der Waals surface area (Å²) in [5, 5.41) is 3.62. The van der Waals surface area contributed by atoms with Crippen molar-refractivity contribution < 1.29 is 9.53 Å². The minimum atomic E-state index is -0.289. The summed E-state index contributed by atoms with van der Waals surface area (Å²) in [4.78, 5) is 19.7. The number of carbonyl (C=O) groups excluding carboxylic acids is 1. The van der Waals surface area contributed by atoms with E-state index in [1.807, 2.05) is 0 Å². The van der Waals surface area contributed by atoms with E-state index in [-0.39, 0.29) is 12.1 Å². The summed E-state index contributed by atoms with van der Waals surface area (Å²) >= 11 is 0. The van der Waals surface area contributed by atoms with Gasteiger partial charge in [-0.25, -0.2) is 9.78 Å². The van der Waals surface area contributed by atoms with Crippen LogP contribution in [-0.2, 0) is 17.6 Å². The normalized spacial score (nSPS) is 26.4. The third kappa shape index (κ3) is 3.34. The van der Waals surface area contributed by atoms with Crippen LogP contribution in [0.3, 0.4) is 0 Å². The molecule has 3 aliphatic rings. The van der Waals surface area contributed by atoms with Gasteiger partial charge in [0.15, 0.2) is 0 Å². The lowest BCUT2D eigenvalue weighted by molar-refractivity contribution is 0.175. The summed E-state index contributed by atoms with van der Waals surface area (Å²) in [6, 6.07) is 15.6. The van der Waals surface area contributed by atoms with Crippen LogP contribution in [0.1, 0.15) is 49.2 Å². The summed E-state index contributed by atoms with van der Waals surface area (Å²) in [7, 11) is 1.46. The Hall–Kier alpha value is -2.86. The molecule has 4 atom stereocenters. The predicted molar refractivity (Wildman–Crippen MR) is 130 cm³/mol. The molecule has 3 heterocycles. The molecule has 33 heavy (non-hydrogen) atoms. The number of fused-ring (bicyclic) bond motifs is 4. The second kappa shape index (κ2) is 8.17. The highest BCUT2D eigenvalue weighted by atomic mass is 16.5. The molecule has 1 saturated carbocycles. The minimum Gasteiger partial charge on any atom is -0.452 e. The zero-order chi connectivity index (χ0) is 22.5. The number of aromatic nitrogens is 2. The summed E-state index contributed by atoms with van der Waals surface area (Å²) < 4.78 is 7.68. The van der Waals surface area contributed by atoms with Crippen molar-refractivity contribution in [2.24, 2.45) is 11.8 Å². The Morgan fingerprint density at radius 3 is 2.79 bits per heavy atom. The second-order valence-electron chi connectivity index (χ2n) is 9.95. The number of aryl methyl sites for hydroxylation is 1. The van der Waals surface area contributed by atoms with Gasteiger partial charge in [0, 0.05) is 30.6 Å². The molecule has 2 unspecified atom stereocenters. The van der Waals surface area contributed by atoms with Crippen LogP contribution in [0.15, 0.2) is 42.5 Å². The van der Waals surface area contributed by atoms with Crippen molar-refractivity contribution in [1.29, 1.82) is 0 Å². The van der Waals surface area contributed by atoms with E-state index in [4.69, 9.17) is 9.72 Å². The summed E-state index contributed by atoms with van der Waals surface area (Å²) in [6.07, 6.45) is 4.88. The van der Waals surface area contributed by atoms with E-state index in [9.17, 15) is 4.79 Å². The molecular formula is C27H32N4O2. The standard InChI is InChI=1S/C27H32N4O2/c1-17-8-10-20-22(30(17)27(32)33-2)12-13-24-26(20)29-25(14-18-6-4-3-5-7-18)31(24)23-11-9-19-15-28-16-21(19)23/h3-7,12-13,17,19,21,23,28H,8-11,14-16H2,1-2H3/t17-,19?,21?,23+/m0/s1. The van der Waals surface area contributed by atoms with Gasteiger partial charge in [0.25, 0.3) is 0 Å². The number of rotatable bonds is 3. The molecule has 2 aromatic carbocycles. The quantitative estimate of drug-likeness (QED) is 0.636. The summed E-state index contributed by atoms with van der Waals surface area (Å²) in [5.41, 5.74) is 5.70. The van der Waals surface area contributed by atoms with Crippen LogP contribution in [0.5, 0.6) is 0 Å². The number of nitrogens with zero attached hydrogens (tertiary/aromatic N) is 3. The van der Waals surface area contributed by atoms with Gasteiger partial charge in [-0.3, -0.25) is 4.90 Å². The van der Waals surface area contributed by atoms with E-state index >= 15 is 0 Å². The fraction of sp³-hybridized carbons (Fsp3) is 0.481. The highest BCUT2D eigenvalue weighted by Crippen LogP contribution is 2.45. The molecule has 0 bridgehead atoms. The molecule has 6 rings (SSSR count). The van der Waals surface area contributed by atoms with Gasteiger partial charge >= 0.3 is 6.09 Å². The van der Waals surface area contributed by atoms with Crippen LogP contribution in [-0.4, -0.2) is 41.9 Å². The topological polar surface area (TPSA) is 59.4 Å². The smallest absolute Gasteiger partial charge is 0.414 e. The molecule has 2 fully saturated rings. The van der Waals surface area contributed by atoms with E-state index in [0.717, 1.165) is 55.3 Å². The Balaban J connectivity index is 1.51. The van der Waals surface area contributed by atoms with Crippen molar-refractivity contribution in [3.05, 3.63) is 59.4 Å². The number of ether oxygens (including phenoxy) is 1. The van der Waals surface area contributed by atoms with Gasteiger partial charge in [0.2, 0.25) is 0 Å². The first-order valence-corrected chi connectivity index (χ1v) is 12.3. The van der Waals surface area contributed by atoms with Crippen molar-refractivity contribution in [2.45, 2.75) is 51.1 Å². The van der Waals surface area contributed by atoms with Crippen LogP contribution >= 0.6 is 0 Å².